The minimum Gasteiger partial charge on any atom is -0.491 e. The van der Waals surface area contributed by atoms with E-state index in [9.17, 15) is 9.59 Å². The van der Waals surface area contributed by atoms with Crippen molar-refractivity contribution in [3.8, 4) is 5.75 Å². The van der Waals surface area contributed by atoms with Crippen LogP contribution in [0.25, 0.3) is 0 Å². The molecule has 2 rings (SSSR count). The third-order valence-electron chi connectivity index (χ3n) is 6.90. The van der Waals surface area contributed by atoms with E-state index in [4.69, 9.17) is 14.3 Å². The van der Waals surface area contributed by atoms with Crippen molar-refractivity contribution < 1.29 is 23.9 Å². The van der Waals surface area contributed by atoms with Crippen LogP contribution in [0.1, 0.15) is 65.7 Å². The van der Waals surface area contributed by atoms with Crippen molar-refractivity contribution in [2.24, 2.45) is 5.92 Å². The number of benzene rings is 1. The number of rotatable bonds is 14. The highest BCUT2D eigenvalue weighted by Gasteiger charge is 2.39. The predicted molar refractivity (Wildman–Crippen MR) is 140 cm³/mol. The van der Waals surface area contributed by atoms with Crippen molar-refractivity contribution in [3.05, 3.63) is 54.1 Å². The zero-order valence-corrected chi connectivity index (χ0v) is 22.5. The number of ketones is 1. The summed E-state index contributed by atoms with van der Waals surface area (Å²) in [5.41, 5.74) is 1.20. The van der Waals surface area contributed by atoms with Gasteiger partial charge in [-0.1, -0.05) is 62.8 Å². The molecular weight excluding hydrogens is 444 g/mol. The first-order valence-electron chi connectivity index (χ1n) is 12.4. The Bertz CT molecular complexity index is 851. The minimum absolute atomic E-state index is 0.0371. The number of carbonyl (C=O) groups excluding carboxylic acids is 1. The normalized spacial score (nSPS) is 17.7. The van der Waals surface area contributed by atoms with Crippen molar-refractivity contribution in [1.82, 2.24) is 0 Å². The zero-order chi connectivity index (χ0) is 25.2. The zero-order valence-electron chi connectivity index (χ0n) is 21.5. The first-order chi connectivity index (χ1) is 16.0. The van der Waals surface area contributed by atoms with E-state index in [-0.39, 0.29) is 29.3 Å². The molecule has 0 saturated heterocycles. The van der Waals surface area contributed by atoms with E-state index in [1.54, 1.807) is 0 Å². The SMILES string of the molecule is CC(C)(C)[Si](C)(C)OC(CCC1=CCC(=O)[C@@H]1C/C=C\CCCC(=O)O)COc1ccccc1. The van der Waals surface area contributed by atoms with Crippen LogP contribution >= 0.6 is 0 Å². The van der Waals surface area contributed by atoms with Crippen LogP contribution in [0.2, 0.25) is 18.1 Å². The van der Waals surface area contributed by atoms with Gasteiger partial charge in [0, 0.05) is 18.8 Å². The lowest BCUT2D eigenvalue weighted by atomic mass is 9.92. The molecule has 6 heteroatoms. The van der Waals surface area contributed by atoms with Crippen molar-refractivity contribution in [1.29, 1.82) is 0 Å². The summed E-state index contributed by atoms with van der Waals surface area (Å²) in [5.74, 6) is 0.273. The maximum Gasteiger partial charge on any atom is 0.303 e. The number of carbonyl (C=O) groups is 2. The second kappa shape index (κ2) is 13.1. The second-order valence-corrected chi connectivity index (χ2v) is 15.4. The Labute approximate surface area is 206 Å². The van der Waals surface area contributed by atoms with Gasteiger partial charge in [-0.15, -0.1) is 0 Å². The van der Waals surface area contributed by atoms with Crippen molar-refractivity contribution >= 4 is 20.1 Å². The minimum atomic E-state index is -1.97. The predicted octanol–water partition coefficient (Wildman–Crippen LogP) is 6.95. The molecule has 0 spiro atoms. The molecule has 2 atom stereocenters. The van der Waals surface area contributed by atoms with Gasteiger partial charge in [-0.2, -0.15) is 0 Å². The van der Waals surface area contributed by atoms with Crippen LogP contribution in [-0.2, 0) is 14.0 Å². The maximum absolute atomic E-state index is 12.5. The standard InChI is InChI=1S/C28H42O5Si/c1-28(2,3)34(4,5)33-24(21-32-23-13-9-8-10-14-23)19-17-22-18-20-26(29)25(22)15-11-6-7-12-16-27(30)31/h6,8-11,13-14,18,24-25H,7,12,15-17,19-21H2,1-5H3,(H,30,31)/b11-6-/t24?,25-/m1/s1. The summed E-state index contributed by atoms with van der Waals surface area (Å²) in [5, 5.41) is 8.85. The number of para-hydroxylation sites is 1. The summed E-state index contributed by atoms with van der Waals surface area (Å²) in [6.45, 7) is 11.7. The van der Waals surface area contributed by atoms with Gasteiger partial charge in [-0.05, 0) is 62.4 Å². The Balaban J connectivity index is 1.97. The summed E-state index contributed by atoms with van der Waals surface area (Å²) in [6.07, 6.45) is 10.4. The molecule has 0 aromatic heterocycles. The molecule has 0 amide bonds. The highest BCUT2D eigenvalue weighted by molar-refractivity contribution is 6.74. The van der Waals surface area contributed by atoms with Crippen LogP contribution in [0.15, 0.2) is 54.1 Å². The maximum atomic E-state index is 12.5. The molecule has 1 aromatic carbocycles. The van der Waals surface area contributed by atoms with Gasteiger partial charge in [-0.25, -0.2) is 0 Å². The quantitative estimate of drug-likeness (QED) is 0.175. The average molecular weight is 487 g/mol. The number of carboxylic acid groups (broad SMARTS) is 1. The Hall–Kier alpha value is -2.18. The molecule has 188 valence electrons. The Kier molecular flexibility index (Phi) is 10.8. The van der Waals surface area contributed by atoms with Gasteiger partial charge in [0.2, 0.25) is 0 Å². The van der Waals surface area contributed by atoms with E-state index in [1.165, 1.54) is 5.57 Å². The number of hydrogen-bond donors (Lipinski definition) is 1. The van der Waals surface area contributed by atoms with Crippen LogP contribution in [-0.4, -0.2) is 37.9 Å². The number of carboxylic acids is 1. The van der Waals surface area contributed by atoms with E-state index in [1.807, 2.05) is 42.5 Å². The number of aliphatic carboxylic acids is 1. The Morgan fingerprint density at radius 1 is 1.21 bits per heavy atom. The third kappa shape index (κ3) is 9.22. The molecule has 5 nitrogen and oxygen atoms in total. The summed E-state index contributed by atoms with van der Waals surface area (Å²) < 4.78 is 12.8. The van der Waals surface area contributed by atoms with Crippen molar-refractivity contribution in [2.75, 3.05) is 6.61 Å². The third-order valence-corrected chi connectivity index (χ3v) is 11.4. The molecule has 1 unspecified atom stereocenters. The highest BCUT2D eigenvalue weighted by Crippen LogP contribution is 2.38. The number of ether oxygens (including phenoxy) is 1. The summed E-state index contributed by atoms with van der Waals surface area (Å²) >= 11 is 0. The molecule has 1 aromatic rings. The van der Waals surface area contributed by atoms with Crippen molar-refractivity contribution in [2.45, 2.75) is 90.0 Å². The van der Waals surface area contributed by atoms with Crippen LogP contribution in [0.5, 0.6) is 5.75 Å². The van der Waals surface area contributed by atoms with E-state index < -0.39 is 14.3 Å². The smallest absolute Gasteiger partial charge is 0.303 e. The molecule has 0 saturated carbocycles. The van der Waals surface area contributed by atoms with Gasteiger partial charge in [0.15, 0.2) is 8.32 Å². The van der Waals surface area contributed by atoms with E-state index in [0.717, 1.165) is 25.0 Å². The summed E-state index contributed by atoms with van der Waals surface area (Å²) in [7, 11) is -1.97. The fraction of sp³-hybridized carbons (Fsp3) is 0.571. The number of Topliss-reactive ketones (excluding diaryl/α,β-unsaturated/α-hetero) is 1. The van der Waals surface area contributed by atoms with E-state index in [0.29, 0.717) is 25.9 Å². The van der Waals surface area contributed by atoms with E-state index >= 15 is 0 Å². The van der Waals surface area contributed by atoms with Crippen LogP contribution < -0.4 is 4.74 Å². The second-order valence-electron chi connectivity index (χ2n) is 10.7. The molecule has 0 aliphatic heterocycles. The topological polar surface area (TPSA) is 72.8 Å². The van der Waals surface area contributed by atoms with Gasteiger partial charge in [-0.3, -0.25) is 9.59 Å². The average Bonchev–Trinajstić information content (AvgIpc) is 3.11. The number of unbranched alkanes of at least 4 members (excludes halogenated alkanes) is 1. The Morgan fingerprint density at radius 2 is 1.91 bits per heavy atom. The summed E-state index contributed by atoms with van der Waals surface area (Å²) in [6, 6.07) is 9.82. The first kappa shape index (κ1) is 28.1. The number of hydrogen-bond acceptors (Lipinski definition) is 4. The molecule has 1 N–H and O–H groups in total. The molecule has 1 aliphatic rings. The molecule has 34 heavy (non-hydrogen) atoms. The summed E-state index contributed by atoms with van der Waals surface area (Å²) in [4.78, 5) is 23.1. The monoisotopic (exact) mass is 486 g/mol. The van der Waals surface area contributed by atoms with Crippen LogP contribution in [0.4, 0.5) is 0 Å². The molecule has 0 bridgehead atoms. The lowest BCUT2D eigenvalue weighted by molar-refractivity contribution is -0.137. The molecule has 0 heterocycles. The van der Waals surface area contributed by atoms with Crippen molar-refractivity contribution in [3.63, 3.8) is 0 Å². The van der Waals surface area contributed by atoms with Gasteiger partial charge in [0.1, 0.15) is 18.1 Å². The molecule has 1 aliphatic carbocycles. The van der Waals surface area contributed by atoms with Gasteiger partial charge < -0.3 is 14.3 Å². The van der Waals surface area contributed by atoms with Gasteiger partial charge in [0.25, 0.3) is 0 Å². The van der Waals surface area contributed by atoms with Crippen LogP contribution in [0, 0.1) is 5.92 Å². The fourth-order valence-corrected chi connectivity index (χ4v) is 5.18. The largest absolute Gasteiger partial charge is 0.491 e. The molecular formula is C28H42O5Si. The lowest BCUT2D eigenvalue weighted by Gasteiger charge is -2.39. The molecule has 0 radical (unpaired) electrons. The lowest BCUT2D eigenvalue weighted by Crippen LogP contribution is -2.45. The van der Waals surface area contributed by atoms with Crippen LogP contribution in [0.3, 0.4) is 0 Å². The Morgan fingerprint density at radius 3 is 2.56 bits per heavy atom. The highest BCUT2D eigenvalue weighted by atomic mass is 28.4. The van der Waals surface area contributed by atoms with Gasteiger partial charge in [0.05, 0.1) is 6.10 Å². The number of allylic oxidation sites excluding steroid dienone is 4. The van der Waals surface area contributed by atoms with E-state index in [2.05, 4.69) is 39.9 Å². The first-order valence-corrected chi connectivity index (χ1v) is 15.3. The van der Waals surface area contributed by atoms with Gasteiger partial charge >= 0.3 is 5.97 Å². The fourth-order valence-electron chi connectivity index (χ4n) is 3.81. The molecule has 0 fully saturated rings.